The molecule has 0 radical (unpaired) electrons. The number of barbiturate groups is 1. The molecule has 33 heavy (non-hydrogen) atoms. The van der Waals surface area contributed by atoms with E-state index in [2.05, 4.69) is 5.32 Å². The van der Waals surface area contributed by atoms with Crippen LogP contribution in [0.15, 0.2) is 72.3 Å². The second kappa shape index (κ2) is 9.26. The molecule has 1 saturated heterocycles. The SMILES string of the molecule is Cc1ccc(Cl)cc1N1C(=O)NC(=O)/C(=C\c2ccc(OCc3ccc(F)cc3)cc2)C1=O. The Kier molecular flexibility index (Phi) is 6.24. The van der Waals surface area contributed by atoms with Crippen LogP contribution in [0.4, 0.5) is 14.9 Å². The number of rotatable bonds is 5. The van der Waals surface area contributed by atoms with Crippen molar-refractivity contribution in [2.75, 3.05) is 4.90 Å². The number of aryl methyl sites for hydroxylation is 1. The summed E-state index contributed by atoms with van der Waals surface area (Å²) >= 11 is 6.03. The fourth-order valence-corrected chi connectivity index (χ4v) is 3.44. The van der Waals surface area contributed by atoms with Crippen molar-refractivity contribution in [3.63, 3.8) is 0 Å². The standard InChI is InChI=1S/C25H18ClFN2O4/c1-15-2-7-18(26)13-22(15)29-24(31)21(23(30)28-25(29)32)12-16-5-10-20(11-6-16)33-14-17-3-8-19(27)9-4-17/h2-13H,14H2,1H3,(H,28,30,32)/b21-12+. The smallest absolute Gasteiger partial charge is 0.335 e. The van der Waals surface area contributed by atoms with Crippen LogP contribution in [0, 0.1) is 12.7 Å². The Morgan fingerprint density at radius 1 is 1.00 bits per heavy atom. The number of urea groups is 1. The van der Waals surface area contributed by atoms with Gasteiger partial charge >= 0.3 is 6.03 Å². The number of benzene rings is 3. The van der Waals surface area contributed by atoms with Crippen molar-refractivity contribution >= 4 is 41.2 Å². The number of anilines is 1. The number of ether oxygens (including phenoxy) is 1. The van der Waals surface area contributed by atoms with Crippen LogP contribution in [0.2, 0.25) is 5.02 Å². The van der Waals surface area contributed by atoms with E-state index in [1.165, 1.54) is 24.3 Å². The highest BCUT2D eigenvalue weighted by molar-refractivity contribution is 6.39. The molecule has 4 rings (SSSR count). The molecule has 6 nitrogen and oxygen atoms in total. The van der Waals surface area contributed by atoms with Gasteiger partial charge in [0, 0.05) is 5.02 Å². The molecule has 4 amide bonds. The van der Waals surface area contributed by atoms with Crippen molar-refractivity contribution in [3.05, 3.63) is 99.8 Å². The number of carbonyl (C=O) groups excluding carboxylic acids is 3. The lowest BCUT2D eigenvalue weighted by molar-refractivity contribution is -0.122. The molecule has 1 heterocycles. The maximum absolute atomic E-state index is 13.0. The van der Waals surface area contributed by atoms with Crippen LogP contribution >= 0.6 is 11.6 Å². The highest BCUT2D eigenvalue weighted by Gasteiger charge is 2.37. The molecule has 0 atom stereocenters. The van der Waals surface area contributed by atoms with E-state index in [-0.39, 0.29) is 18.0 Å². The molecular formula is C25H18ClFN2O4. The summed E-state index contributed by atoms with van der Waals surface area (Å²) in [5.74, 6) is -1.28. The molecule has 3 aromatic rings. The number of hydrogen-bond acceptors (Lipinski definition) is 4. The third-order valence-electron chi connectivity index (χ3n) is 5.02. The summed E-state index contributed by atoms with van der Waals surface area (Å²) in [7, 11) is 0. The van der Waals surface area contributed by atoms with Crippen LogP contribution in [0.1, 0.15) is 16.7 Å². The Hall–Kier alpha value is -3.97. The van der Waals surface area contributed by atoms with Crippen molar-refractivity contribution in [2.24, 2.45) is 0 Å². The van der Waals surface area contributed by atoms with Crippen LogP contribution in [0.3, 0.4) is 0 Å². The highest BCUT2D eigenvalue weighted by Crippen LogP contribution is 2.28. The number of amides is 4. The molecule has 0 spiro atoms. The molecule has 3 aromatic carbocycles. The first-order chi connectivity index (χ1) is 15.8. The largest absolute Gasteiger partial charge is 0.489 e. The Morgan fingerprint density at radius 2 is 1.70 bits per heavy atom. The van der Waals surface area contributed by atoms with Crippen molar-refractivity contribution in [3.8, 4) is 5.75 Å². The van der Waals surface area contributed by atoms with E-state index in [0.29, 0.717) is 27.6 Å². The third-order valence-corrected chi connectivity index (χ3v) is 5.26. The Morgan fingerprint density at radius 3 is 2.39 bits per heavy atom. The topological polar surface area (TPSA) is 75.7 Å². The maximum atomic E-state index is 13.0. The zero-order chi connectivity index (χ0) is 23.5. The third kappa shape index (κ3) is 4.94. The molecule has 166 valence electrons. The normalized spacial score (nSPS) is 15.1. The predicted octanol–water partition coefficient (Wildman–Crippen LogP) is 5.03. The van der Waals surface area contributed by atoms with Gasteiger partial charge in [-0.15, -0.1) is 0 Å². The summed E-state index contributed by atoms with van der Waals surface area (Å²) in [5.41, 5.74) is 2.15. The average Bonchev–Trinajstić information content (AvgIpc) is 2.79. The molecule has 0 unspecified atom stereocenters. The fraction of sp³-hybridized carbons (Fsp3) is 0.0800. The Labute approximate surface area is 194 Å². The number of hydrogen-bond donors (Lipinski definition) is 1. The van der Waals surface area contributed by atoms with Gasteiger partial charge in [0.05, 0.1) is 5.69 Å². The molecule has 1 aliphatic rings. The van der Waals surface area contributed by atoms with E-state index in [1.54, 1.807) is 55.5 Å². The van der Waals surface area contributed by atoms with Gasteiger partial charge < -0.3 is 4.74 Å². The number of imide groups is 2. The summed E-state index contributed by atoms with van der Waals surface area (Å²) in [5, 5.41) is 2.55. The van der Waals surface area contributed by atoms with Gasteiger partial charge in [-0.1, -0.05) is 41.9 Å². The number of carbonyl (C=O) groups is 3. The zero-order valence-corrected chi connectivity index (χ0v) is 18.2. The van der Waals surface area contributed by atoms with E-state index in [4.69, 9.17) is 16.3 Å². The van der Waals surface area contributed by atoms with Gasteiger partial charge in [-0.3, -0.25) is 14.9 Å². The van der Waals surface area contributed by atoms with E-state index < -0.39 is 17.8 Å². The number of halogens is 2. The first kappa shape index (κ1) is 22.2. The summed E-state index contributed by atoms with van der Waals surface area (Å²) < 4.78 is 18.7. The van der Waals surface area contributed by atoms with Crippen molar-refractivity contribution in [1.82, 2.24) is 5.32 Å². The molecule has 0 bridgehead atoms. The molecule has 1 aliphatic heterocycles. The lowest BCUT2D eigenvalue weighted by atomic mass is 10.1. The van der Waals surface area contributed by atoms with Gasteiger partial charge in [0.25, 0.3) is 11.8 Å². The first-order valence-corrected chi connectivity index (χ1v) is 10.3. The molecule has 0 aliphatic carbocycles. The van der Waals surface area contributed by atoms with Gasteiger partial charge in [-0.25, -0.2) is 14.1 Å². The summed E-state index contributed by atoms with van der Waals surface area (Å²) in [6.45, 7) is 1.99. The molecule has 1 fully saturated rings. The lowest BCUT2D eigenvalue weighted by Gasteiger charge is -2.27. The fourth-order valence-electron chi connectivity index (χ4n) is 3.27. The van der Waals surface area contributed by atoms with Crippen LogP contribution in [0.5, 0.6) is 5.75 Å². The van der Waals surface area contributed by atoms with Crippen LogP contribution in [-0.4, -0.2) is 17.8 Å². The van der Waals surface area contributed by atoms with Gasteiger partial charge in [-0.2, -0.15) is 0 Å². The quantitative estimate of drug-likeness (QED) is 0.424. The second-order valence-electron chi connectivity index (χ2n) is 7.37. The number of nitrogens with zero attached hydrogens (tertiary/aromatic N) is 1. The monoisotopic (exact) mass is 464 g/mol. The number of nitrogens with one attached hydrogen (secondary N) is 1. The summed E-state index contributed by atoms with van der Waals surface area (Å²) in [4.78, 5) is 38.7. The predicted molar refractivity (Wildman–Crippen MR) is 122 cm³/mol. The van der Waals surface area contributed by atoms with E-state index in [0.717, 1.165) is 10.5 Å². The molecular weight excluding hydrogens is 447 g/mol. The second-order valence-corrected chi connectivity index (χ2v) is 7.81. The minimum absolute atomic E-state index is 0.186. The lowest BCUT2D eigenvalue weighted by Crippen LogP contribution is -2.54. The zero-order valence-electron chi connectivity index (χ0n) is 17.5. The van der Waals surface area contributed by atoms with Crippen molar-refractivity contribution in [1.29, 1.82) is 0 Å². The van der Waals surface area contributed by atoms with Crippen LogP contribution < -0.4 is 15.0 Å². The van der Waals surface area contributed by atoms with Gasteiger partial charge in [0.15, 0.2) is 0 Å². The first-order valence-electron chi connectivity index (χ1n) is 9.97. The Balaban J connectivity index is 1.54. The minimum atomic E-state index is -0.836. The van der Waals surface area contributed by atoms with Crippen LogP contribution in [-0.2, 0) is 16.2 Å². The Bertz CT molecular complexity index is 1270. The maximum Gasteiger partial charge on any atom is 0.335 e. The van der Waals surface area contributed by atoms with Crippen molar-refractivity contribution < 1.29 is 23.5 Å². The van der Waals surface area contributed by atoms with Gasteiger partial charge in [0.1, 0.15) is 23.7 Å². The van der Waals surface area contributed by atoms with E-state index in [1.807, 2.05) is 0 Å². The van der Waals surface area contributed by atoms with Gasteiger partial charge in [-0.05, 0) is 66.1 Å². The average molecular weight is 465 g/mol. The molecule has 1 N–H and O–H groups in total. The minimum Gasteiger partial charge on any atom is -0.489 e. The summed E-state index contributed by atoms with van der Waals surface area (Å²) in [6, 6.07) is 16.7. The van der Waals surface area contributed by atoms with Crippen molar-refractivity contribution in [2.45, 2.75) is 13.5 Å². The van der Waals surface area contributed by atoms with E-state index >= 15 is 0 Å². The molecule has 8 heteroatoms. The van der Waals surface area contributed by atoms with E-state index in [9.17, 15) is 18.8 Å². The molecule has 0 aromatic heterocycles. The highest BCUT2D eigenvalue weighted by atomic mass is 35.5. The summed E-state index contributed by atoms with van der Waals surface area (Å²) in [6.07, 6.45) is 1.40. The van der Waals surface area contributed by atoms with Crippen LogP contribution in [0.25, 0.3) is 6.08 Å². The van der Waals surface area contributed by atoms with Gasteiger partial charge in [0.2, 0.25) is 0 Å². The molecule has 0 saturated carbocycles.